The van der Waals surface area contributed by atoms with Crippen LogP contribution in [-0.2, 0) is 12.8 Å². The van der Waals surface area contributed by atoms with E-state index in [2.05, 4.69) is 15.5 Å². The quantitative estimate of drug-likeness (QED) is 0.372. The second-order valence-electron chi connectivity index (χ2n) is 8.87. The molecule has 0 radical (unpaired) electrons. The first kappa shape index (κ1) is 24.6. The van der Waals surface area contributed by atoms with Crippen LogP contribution in [-0.4, -0.2) is 40.3 Å². The average molecular weight is 510 g/mol. The first-order valence-corrected chi connectivity index (χ1v) is 11.6. The van der Waals surface area contributed by atoms with Gasteiger partial charge in [0.2, 0.25) is 0 Å². The van der Waals surface area contributed by atoms with Crippen LogP contribution in [0.2, 0.25) is 0 Å². The molecule has 0 spiro atoms. The highest BCUT2D eigenvalue weighted by Crippen LogP contribution is 2.34. The lowest BCUT2D eigenvalue weighted by atomic mass is 10.0. The number of aliphatic hydroxyl groups is 1. The minimum absolute atomic E-state index is 0.0585. The average Bonchev–Trinajstić information content (AvgIpc) is 3.35. The Morgan fingerprint density at radius 1 is 1.03 bits per heavy atom. The zero-order valence-corrected chi connectivity index (χ0v) is 19.5. The number of carbonyl (C=O) groups excluding carboxylic acids is 1. The number of halogens is 4. The molecule has 1 amide bonds. The molecule has 4 aromatic rings. The Morgan fingerprint density at radius 3 is 2.46 bits per heavy atom. The minimum Gasteiger partial charge on any atom is -0.392 e. The van der Waals surface area contributed by atoms with Crippen molar-refractivity contribution in [3.63, 3.8) is 0 Å². The molecule has 1 aliphatic rings. The second kappa shape index (κ2) is 9.78. The van der Waals surface area contributed by atoms with E-state index in [4.69, 9.17) is 0 Å². The summed E-state index contributed by atoms with van der Waals surface area (Å²) >= 11 is 0. The maximum Gasteiger partial charge on any atom is 0.417 e. The van der Waals surface area contributed by atoms with Gasteiger partial charge < -0.3 is 15.3 Å². The number of alkyl halides is 3. The Morgan fingerprint density at radius 2 is 1.76 bits per heavy atom. The summed E-state index contributed by atoms with van der Waals surface area (Å²) in [6, 6.07) is 16.6. The predicted molar refractivity (Wildman–Crippen MR) is 130 cm³/mol. The highest BCUT2D eigenvalue weighted by molar-refractivity contribution is 6.00. The van der Waals surface area contributed by atoms with Crippen molar-refractivity contribution in [2.24, 2.45) is 0 Å². The van der Waals surface area contributed by atoms with Crippen molar-refractivity contribution in [1.82, 2.24) is 15.5 Å². The maximum atomic E-state index is 13.4. The van der Waals surface area contributed by atoms with E-state index in [1.807, 2.05) is 53.4 Å². The van der Waals surface area contributed by atoms with Gasteiger partial charge in [0, 0.05) is 35.5 Å². The van der Waals surface area contributed by atoms with Crippen molar-refractivity contribution in [2.75, 3.05) is 18.0 Å². The molecule has 1 aliphatic heterocycles. The standard InChI is InChI=1S/C27H22F4N4O2/c28-18-9-10-22(23(13-18)27(29,30)31)26(37)32-19-11-12-35(14-19)25-21-4-2-1-3-20(21)24(33-34-25)17-7-5-16(15-36)6-8-17/h1-10,13,19,36H,11-12,14-15H2,(H,32,37)/t19-/m0/s1. The lowest BCUT2D eigenvalue weighted by molar-refractivity contribution is -0.138. The number of nitrogens with zero attached hydrogens (tertiary/aromatic N) is 3. The molecule has 1 saturated heterocycles. The number of benzene rings is 3. The van der Waals surface area contributed by atoms with Crippen LogP contribution >= 0.6 is 0 Å². The Kier molecular flexibility index (Phi) is 6.51. The van der Waals surface area contributed by atoms with Gasteiger partial charge in [0.25, 0.3) is 5.91 Å². The largest absolute Gasteiger partial charge is 0.417 e. The number of fused-ring (bicyclic) bond motifs is 1. The molecule has 0 aliphatic carbocycles. The zero-order chi connectivity index (χ0) is 26.2. The van der Waals surface area contributed by atoms with Crippen LogP contribution < -0.4 is 10.2 Å². The number of carbonyl (C=O) groups is 1. The molecule has 6 nitrogen and oxygen atoms in total. The van der Waals surface area contributed by atoms with Gasteiger partial charge in [-0.1, -0.05) is 48.5 Å². The van der Waals surface area contributed by atoms with E-state index < -0.39 is 35.1 Å². The number of anilines is 1. The Labute approximate surface area is 209 Å². The first-order chi connectivity index (χ1) is 17.7. The molecule has 3 aromatic carbocycles. The van der Waals surface area contributed by atoms with Crippen LogP contribution in [0, 0.1) is 5.82 Å². The van der Waals surface area contributed by atoms with Gasteiger partial charge in [0.15, 0.2) is 5.82 Å². The molecule has 0 unspecified atom stereocenters. The van der Waals surface area contributed by atoms with Crippen LogP contribution in [0.1, 0.15) is 27.9 Å². The summed E-state index contributed by atoms with van der Waals surface area (Å²) in [6.45, 7) is 0.790. The SMILES string of the molecule is O=C(N[C@H]1CCN(c2nnc(-c3ccc(CO)cc3)c3ccccc23)C1)c1ccc(F)cc1C(F)(F)F. The summed E-state index contributed by atoms with van der Waals surface area (Å²) in [6.07, 6.45) is -4.36. The Balaban J connectivity index is 1.38. The molecule has 0 saturated carbocycles. The number of aliphatic hydroxyl groups excluding tert-OH is 1. The van der Waals surface area contributed by atoms with E-state index in [1.165, 1.54) is 0 Å². The van der Waals surface area contributed by atoms with E-state index >= 15 is 0 Å². The van der Waals surface area contributed by atoms with E-state index in [0.29, 0.717) is 37.1 Å². The van der Waals surface area contributed by atoms with Crippen molar-refractivity contribution >= 4 is 22.5 Å². The van der Waals surface area contributed by atoms with Gasteiger partial charge in [-0.3, -0.25) is 4.79 Å². The summed E-state index contributed by atoms with van der Waals surface area (Å²) < 4.78 is 53.5. The van der Waals surface area contributed by atoms with Crippen LogP contribution in [0.25, 0.3) is 22.0 Å². The van der Waals surface area contributed by atoms with Crippen LogP contribution in [0.4, 0.5) is 23.4 Å². The molecule has 190 valence electrons. The molecule has 0 bridgehead atoms. The lowest BCUT2D eigenvalue weighted by Gasteiger charge is -2.20. The fraction of sp³-hybridized carbons (Fsp3) is 0.222. The van der Waals surface area contributed by atoms with Crippen molar-refractivity contribution in [3.05, 3.63) is 89.2 Å². The smallest absolute Gasteiger partial charge is 0.392 e. The molecule has 2 heterocycles. The fourth-order valence-electron chi connectivity index (χ4n) is 4.59. The fourth-order valence-corrected chi connectivity index (χ4v) is 4.59. The number of nitrogens with one attached hydrogen (secondary N) is 1. The highest BCUT2D eigenvalue weighted by atomic mass is 19.4. The monoisotopic (exact) mass is 510 g/mol. The third-order valence-electron chi connectivity index (χ3n) is 6.43. The van der Waals surface area contributed by atoms with E-state index in [0.717, 1.165) is 34.0 Å². The van der Waals surface area contributed by atoms with Crippen molar-refractivity contribution in [1.29, 1.82) is 0 Å². The Hall–Kier alpha value is -4.05. The van der Waals surface area contributed by atoms with Crippen molar-refractivity contribution < 1.29 is 27.5 Å². The van der Waals surface area contributed by atoms with E-state index in [1.54, 1.807) is 0 Å². The van der Waals surface area contributed by atoms with Gasteiger partial charge in [-0.25, -0.2) is 4.39 Å². The number of hydrogen-bond acceptors (Lipinski definition) is 5. The van der Waals surface area contributed by atoms with E-state index in [-0.39, 0.29) is 6.61 Å². The van der Waals surface area contributed by atoms with Crippen LogP contribution in [0.5, 0.6) is 0 Å². The Bertz CT molecular complexity index is 1460. The zero-order valence-electron chi connectivity index (χ0n) is 19.5. The summed E-state index contributed by atoms with van der Waals surface area (Å²) in [4.78, 5) is 14.6. The highest BCUT2D eigenvalue weighted by Gasteiger charge is 2.36. The van der Waals surface area contributed by atoms with Gasteiger partial charge >= 0.3 is 6.18 Å². The molecule has 1 atom stereocenters. The van der Waals surface area contributed by atoms with Crippen molar-refractivity contribution in [2.45, 2.75) is 25.2 Å². The molecule has 1 fully saturated rings. The van der Waals surface area contributed by atoms with Crippen LogP contribution in [0.3, 0.4) is 0 Å². The second-order valence-corrected chi connectivity index (χ2v) is 8.87. The van der Waals surface area contributed by atoms with Gasteiger partial charge in [-0.2, -0.15) is 13.2 Å². The number of hydrogen-bond donors (Lipinski definition) is 2. The predicted octanol–water partition coefficient (Wildman–Crippen LogP) is 4.96. The molecule has 2 N–H and O–H groups in total. The number of aromatic nitrogens is 2. The van der Waals surface area contributed by atoms with Crippen molar-refractivity contribution in [3.8, 4) is 11.3 Å². The normalized spacial score (nSPS) is 15.8. The number of amides is 1. The van der Waals surface area contributed by atoms with Gasteiger partial charge in [-0.15, -0.1) is 10.2 Å². The van der Waals surface area contributed by atoms with Gasteiger partial charge in [0.05, 0.1) is 17.7 Å². The summed E-state index contributed by atoms with van der Waals surface area (Å²) in [5.74, 6) is -1.35. The van der Waals surface area contributed by atoms with Gasteiger partial charge in [-0.05, 0) is 30.2 Å². The van der Waals surface area contributed by atoms with E-state index in [9.17, 15) is 27.5 Å². The molecular weight excluding hydrogens is 488 g/mol. The van der Waals surface area contributed by atoms with Gasteiger partial charge in [0.1, 0.15) is 11.5 Å². The molecular formula is C27H22F4N4O2. The first-order valence-electron chi connectivity index (χ1n) is 11.6. The number of rotatable bonds is 5. The summed E-state index contributed by atoms with van der Waals surface area (Å²) in [7, 11) is 0. The minimum atomic E-state index is -4.86. The molecule has 1 aromatic heterocycles. The van der Waals surface area contributed by atoms with Crippen LogP contribution in [0.15, 0.2) is 66.7 Å². The summed E-state index contributed by atoms with van der Waals surface area (Å²) in [5, 5.41) is 22.6. The maximum absolute atomic E-state index is 13.4. The third kappa shape index (κ3) is 4.97. The summed E-state index contributed by atoms with van der Waals surface area (Å²) in [5.41, 5.74) is 0.391. The topological polar surface area (TPSA) is 78.4 Å². The molecule has 10 heteroatoms. The third-order valence-corrected chi connectivity index (χ3v) is 6.43. The molecule has 5 rings (SSSR count). The molecule has 37 heavy (non-hydrogen) atoms. The lowest BCUT2D eigenvalue weighted by Crippen LogP contribution is -2.38.